The monoisotopic (exact) mass is 446 g/mol. The van der Waals surface area contributed by atoms with Gasteiger partial charge < -0.3 is 24.8 Å². The molecule has 4 fully saturated rings. The number of ether oxygens (including phenoxy) is 2. The number of hydrogen-bond donors (Lipinski definition) is 3. The molecule has 5 rings (SSSR count). The minimum absolute atomic E-state index is 0.0225. The minimum atomic E-state index is -1.24. The second-order valence-electron chi connectivity index (χ2n) is 11.9. The maximum absolute atomic E-state index is 10.4. The molecule has 0 aromatic heterocycles. The molecule has 0 bridgehead atoms. The molecular formula is C27H42O5. The van der Waals surface area contributed by atoms with Crippen molar-refractivity contribution in [3.05, 3.63) is 24.3 Å². The average Bonchev–Trinajstić information content (AvgIpc) is 3.12. The summed E-state index contributed by atoms with van der Waals surface area (Å²) >= 11 is 0. The summed E-state index contributed by atoms with van der Waals surface area (Å²) in [5.41, 5.74) is 2.20. The van der Waals surface area contributed by atoms with E-state index in [1.54, 1.807) is 6.92 Å². The van der Waals surface area contributed by atoms with Crippen LogP contribution in [0.5, 0.6) is 0 Å². The van der Waals surface area contributed by atoms with E-state index in [1.165, 1.54) is 37.7 Å². The van der Waals surface area contributed by atoms with Gasteiger partial charge in [0.05, 0.1) is 12.2 Å². The SMILES string of the molecule is C=CC1CC[C@H]2[C@@H]3CC=C4CC(OC5OC(C)[C@@H](O)[C@H](O)[C@@H]5O)CC[C@]4(C)[C@H]3CC[C@]12C. The van der Waals surface area contributed by atoms with Crippen molar-refractivity contribution in [2.24, 2.45) is 34.5 Å². The molecule has 4 aliphatic carbocycles. The molecule has 1 heterocycles. The molecule has 32 heavy (non-hydrogen) atoms. The van der Waals surface area contributed by atoms with Gasteiger partial charge in [0.15, 0.2) is 6.29 Å². The lowest BCUT2D eigenvalue weighted by Gasteiger charge is -2.58. The van der Waals surface area contributed by atoms with Crippen LogP contribution in [-0.4, -0.2) is 52.1 Å². The summed E-state index contributed by atoms with van der Waals surface area (Å²) in [7, 11) is 0. The first kappa shape index (κ1) is 23.0. The second kappa shape index (κ2) is 8.20. The van der Waals surface area contributed by atoms with Crippen LogP contribution in [0, 0.1) is 34.5 Å². The topological polar surface area (TPSA) is 79.2 Å². The molecule has 0 aromatic carbocycles. The van der Waals surface area contributed by atoms with E-state index in [1.807, 2.05) is 0 Å². The van der Waals surface area contributed by atoms with Crippen LogP contribution in [0.4, 0.5) is 0 Å². The van der Waals surface area contributed by atoms with Crippen molar-refractivity contribution < 1.29 is 24.8 Å². The summed E-state index contributed by atoms with van der Waals surface area (Å²) in [6.45, 7) is 10.9. The number of aliphatic hydroxyl groups excluding tert-OH is 3. The Morgan fingerprint density at radius 2 is 1.81 bits per heavy atom. The van der Waals surface area contributed by atoms with Gasteiger partial charge in [-0.05, 0) is 92.8 Å². The van der Waals surface area contributed by atoms with Crippen LogP contribution in [0.1, 0.15) is 72.1 Å². The third kappa shape index (κ3) is 3.38. The van der Waals surface area contributed by atoms with Crippen LogP contribution in [0.15, 0.2) is 24.3 Å². The summed E-state index contributed by atoms with van der Waals surface area (Å²) < 4.78 is 11.9. The Labute approximate surface area is 192 Å². The third-order valence-corrected chi connectivity index (χ3v) is 10.6. The lowest BCUT2D eigenvalue weighted by Crippen LogP contribution is -2.58. The van der Waals surface area contributed by atoms with Gasteiger partial charge >= 0.3 is 0 Å². The Morgan fingerprint density at radius 3 is 2.56 bits per heavy atom. The zero-order valence-corrected chi connectivity index (χ0v) is 20.0. The van der Waals surface area contributed by atoms with E-state index in [2.05, 4.69) is 32.6 Å². The average molecular weight is 447 g/mol. The Balaban J connectivity index is 1.30. The molecule has 3 saturated carbocycles. The van der Waals surface area contributed by atoms with Gasteiger partial charge in [-0.3, -0.25) is 0 Å². The van der Waals surface area contributed by atoms with E-state index in [0.717, 1.165) is 37.0 Å². The van der Waals surface area contributed by atoms with Crippen LogP contribution >= 0.6 is 0 Å². The second-order valence-corrected chi connectivity index (χ2v) is 11.9. The van der Waals surface area contributed by atoms with Gasteiger partial charge in [0.2, 0.25) is 0 Å². The minimum Gasteiger partial charge on any atom is -0.388 e. The fraction of sp³-hybridized carbons (Fsp3) is 0.852. The summed E-state index contributed by atoms with van der Waals surface area (Å²) in [4.78, 5) is 0. The Hall–Kier alpha value is -0.720. The first-order valence-corrected chi connectivity index (χ1v) is 12.9. The summed E-state index contributed by atoms with van der Waals surface area (Å²) in [6, 6.07) is 0. The molecule has 0 radical (unpaired) electrons. The number of aliphatic hydroxyl groups is 3. The van der Waals surface area contributed by atoms with Crippen molar-refractivity contribution in [1.82, 2.24) is 0 Å². The van der Waals surface area contributed by atoms with Crippen LogP contribution in [0.2, 0.25) is 0 Å². The Morgan fingerprint density at radius 1 is 1.03 bits per heavy atom. The van der Waals surface area contributed by atoms with Crippen molar-refractivity contribution in [2.45, 2.75) is 109 Å². The van der Waals surface area contributed by atoms with Gasteiger partial charge in [0.25, 0.3) is 0 Å². The fourth-order valence-electron chi connectivity index (χ4n) is 8.49. The smallest absolute Gasteiger partial charge is 0.186 e. The van der Waals surface area contributed by atoms with Gasteiger partial charge in [-0.1, -0.05) is 31.6 Å². The number of fused-ring (bicyclic) bond motifs is 5. The van der Waals surface area contributed by atoms with E-state index in [4.69, 9.17) is 9.47 Å². The lowest BCUT2D eigenvalue weighted by atomic mass is 9.47. The molecule has 5 heteroatoms. The van der Waals surface area contributed by atoms with Gasteiger partial charge in [-0.15, -0.1) is 6.58 Å². The number of hydrogen-bond acceptors (Lipinski definition) is 5. The zero-order valence-electron chi connectivity index (χ0n) is 20.0. The standard InChI is InChI=1S/C27H42O5/c1-5-16-7-9-20-19-8-6-17-14-18(32-25-24(30)23(29)22(28)15(2)31-25)10-12-27(17,4)21(19)11-13-26(16,20)3/h5-6,15-16,18-25,28-30H,1,7-14H2,2-4H3/t15?,16?,18?,19-,20-,21-,22+,23-,24-,25?,26+,27-/m0/s1. The van der Waals surface area contributed by atoms with Gasteiger partial charge in [-0.2, -0.15) is 0 Å². The quantitative estimate of drug-likeness (QED) is 0.572. The molecule has 1 saturated heterocycles. The molecule has 3 N–H and O–H groups in total. The van der Waals surface area contributed by atoms with E-state index in [9.17, 15) is 15.3 Å². The molecule has 12 atom stereocenters. The first-order valence-electron chi connectivity index (χ1n) is 12.9. The summed E-state index contributed by atoms with van der Waals surface area (Å²) in [5.74, 6) is 3.02. The van der Waals surface area contributed by atoms with E-state index in [-0.39, 0.29) is 11.5 Å². The molecule has 180 valence electrons. The molecule has 0 amide bonds. The van der Waals surface area contributed by atoms with Gasteiger partial charge in [0.1, 0.15) is 18.3 Å². The molecule has 5 aliphatic rings. The van der Waals surface area contributed by atoms with Crippen LogP contribution in [-0.2, 0) is 9.47 Å². The molecule has 0 spiro atoms. The molecule has 4 unspecified atom stereocenters. The maximum Gasteiger partial charge on any atom is 0.186 e. The van der Waals surface area contributed by atoms with E-state index >= 15 is 0 Å². The lowest BCUT2D eigenvalue weighted by molar-refractivity contribution is -0.305. The van der Waals surface area contributed by atoms with Crippen LogP contribution in [0.25, 0.3) is 0 Å². The highest BCUT2D eigenvalue weighted by Gasteiger charge is 2.58. The van der Waals surface area contributed by atoms with Gasteiger partial charge in [-0.25, -0.2) is 0 Å². The van der Waals surface area contributed by atoms with Crippen molar-refractivity contribution in [3.8, 4) is 0 Å². The fourth-order valence-corrected chi connectivity index (χ4v) is 8.49. The molecular weight excluding hydrogens is 404 g/mol. The molecule has 1 aliphatic heterocycles. The zero-order chi connectivity index (χ0) is 22.8. The predicted molar refractivity (Wildman–Crippen MR) is 123 cm³/mol. The first-order chi connectivity index (χ1) is 15.2. The molecule has 0 aromatic rings. The Bertz CT molecular complexity index is 765. The molecule has 5 nitrogen and oxygen atoms in total. The van der Waals surface area contributed by atoms with E-state index in [0.29, 0.717) is 11.3 Å². The van der Waals surface area contributed by atoms with Crippen LogP contribution in [0.3, 0.4) is 0 Å². The van der Waals surface area contributed by atoms with Crippen molar-refractivity contribution in [3.63, 3.8) is 0 Å². The highest BCUT2D eigenvalue weighted by molar-refractivity contribution is 5.25. The number of rotatable bonds is 3. The highest BCUT2D eigenvalue weighted by atomic mass is 16.7. The summed E-state index contributed by atoms with van der Waals surface area (Å²) in [5, 5.41) is 30.4. The third-order valence-electron chi connectivity index (χ3n) is 10.6. The van der Waals surface area contributed by atoms with Crippen molar-refractivity contribution in [2.75, 3.05) is 0 Å². The summed E-state index contributed by atoms with van der Waals surface area (Å²) in [6.07, 6.45) is 9.08. The van der Waals surface area contributed by atoms with Crippen molar-refractivity contribution in [1.29, 1.82) is 0 Å². The van der Waals surface area contributed by atoms with E-state index < -0.39 is 30.7 Å². The Kier molecular flexibility index (Phi) is 5.90. The number of allylic oxidation sites excluding steroid dienone is 2. The highest BCUT2D eigenvalue weighted by Crippen LogP contribution is 2.66. The van der Waals surface area contributed by atoms with Gasteiger partial charge in [0, 0.05) is 0 Å². The maximum atomic E-state index is 10.4. The predicted octanol–water partition coefficient (Wildman–Crippen LogP) is 3.96. The normalized spacial score (nSPS) is 55.4. The largest absolute Gasteiger partial charge is 0.388 e. The van der Waals surface area contributed by atoms with Crippen LogP contribution < -0.4 is 0 Å². The van der Waals surface area contributed by atoms with Crippen molar-refractivity contribution >= 4 is 0 Å².